The molecule has 4 nitrogen and oxygen atoms in total. The summed E-state index contributed by atoms with van der Waals surface area (Å²) >= 11 is 0. The molecule has 0 saturated carbocycles. The molecule has 17 heavy (non-hydrogen) atoms. The number of carbonyl (C=O) groups is 2. The Morgan fingerprint density at radius 1 is 0.824 bits per heavy atom. The average Bonchev–Trinajstić information content (AvgIpc) is 2.32. The van der Waals surface area contributed by atoms with Gasteiger partial charge in [-0.2, -0.15) is 0 Å². The summed E-state index contributed by atoms with van der Waals surface area (Å²) in [4.78, 5) is 22.6. The monoisotopic (exact) mass is 242 g/mol. The lowest BCUT2D eigenvalue weighted by Crippen LogP contribution is -2.37. The topological polar surface area (TPSA) is 58.2 Å². The van der Waals surface area contributed by atoms with E-state index in [-0.39, 0.29) is 18.4 Å². The van der Waals surface area contributed by atoms with Crippen molar-refractivity contribution in [3.63, 3.8) is 0 Å². The van der Waals surface area contributed by atoms with Gasteiger partial charge in [0, 0.05) is 13.0 Å². The summed E-state index contributed by atoms with van der Waals surface area (Å²) < 4.78 is 0. The molecule has 0 rings (SSSR count). The highest BCUT2D eigenvalue weighted by atomic mass is 16.2. The number of hydrogen-bond donors (Lipinski definition) is 2. The maximum atomic E-state index is 11.3. The van der Waals surface area contributed by atoms with Crippen LogP contribution in [0.3, 0.4) is 0 Å². The molecule has 0 saturated heterocycles. The third kappa shape index (κ3) is 11.2. The van der Waals surface area contributed by atoms with Crippen molar-refractivity contribution in [1.29, 1.82) is 0 Å². The summed E-state index contributed by atoms with van der Waals surface area (Å²) in [6.45, 7) is 5.02. The lowest BCUT2D eigenvalue weighted by atomic mass is 10.1. The smallest absolute Gasteiger partial charge is 0.239 e. The number of nitrogens with one attached hydrogen (secondary N) is 2. The summed E-state index contributed by atoms with van der Waals surface area (Å²) in [6.07, 6.45) is 6.92. The molecule has 0 aliphatic rings. The van der Waals surface area contributed by atoms with E-state index in [9.17, 15) is 9.59 Å². The first kappa shape index (κ1) is 15.9. The van der Waals surface area contributed by atoms with Gasteiger partial charge >= 0.3 is 0 Å². The molecule has 100 valence electrons. The van der Waals surface area contributed by atoms with Crippen molar-refractivity contribution in [2.45, 2.75) is 58.8 Å². The zero-order valence-corrected chi connectivity index (χ0v) is 11.2. The zero-order valence-electron chi connectivity index (χ0n) is 11.2. The molecule has 0 aromatic carbocycles. The molecule has 0 spiro atoms. The third-order valence-corrected chi connectivity index (χ3v) is 2.56. The third-order valence-electron chi connectivity index (χ3n) is 2.56. The van der Waals surface area contributed by atoms with Crippen LogP contribution >= 0.6 is 0 Å². The van der Waals surface area contributed by atoms with Gasteiger partial charge in [-0.1, -0.05) is 39.5 Å². The van der Waals surface area contributed by atoms with Crippen molar-refractivity contribution in [3.05, 3.63) is 0 Å². The molecule has 2 amide bonds. The van der Waals surface area contributed by atoms with E-state index in [1.165, 1.54) is 12.8 Å². The average molecular weight is 242 g/mol. The molecule has 0 bridgehead atoms. The Bertz CT molecular complexity index is 217. The van der Waals surface area contributed by atoms with Crippen LogP contribution < -0.4 is 10.6 Å². The Hall–Kier alpha value is -1.06. The fraction of sp³-hybridized carbons (Fsp3) is 0.846. The van der Waals surface area contributed by atoms with Crippen LogP contribution in [0.4, 0.5) is 0 Å². The Morgan fingerprint density at radius 3 is 2.18 bits per heavy atom. The quantitative estimate of drug-likeness (QED) is 0.576. The summed E-state index contributed by atoms with van der Waals surface area (Å²) in [7, 11) is 0. The number of carbonyl (C=O) groups excluding carboxylic acids is 2. The Morgan fingerprint density at radius 2 is 1.53 bits per heavy atom. The molecule has 2 N–H and O–H groups in total. The molecule has 0 fully saturated rings. The first-order valence-corrected chi connectivity index (χ1v) is 6.74. The summed E-state index contributed by atoms with van der Waals surface area (Å²) in [5, 5.41) is 5.40. The van der Waals surface area contributed by atoms with Gasteiger partial charge in [0.05, 0.1) is 6.54 Å². The van der Waals surface area contributed by atoms with Crippen LogP contribution in [0.2, 0.25) is 0 Å². The van der Waals surface area contributed by atoms with Crippen LogP contribution in [0.25, 0.3) is 0 Å². The van der Waals surface area contributed by atoms with E-state index in [1.807, 2.05) is 0 Å². The van der Waals surface area contributed by atoms with E-state index in [1.54, 1.807) is 0 Å². The van der Waals surface area contributed by atoms with Gasteiger partial charge < -0.3 is 10.6 Å². The first-order chi connectivity index (χ1) is 8.20. The Kier molecular flexibility index (Phi) is 10.7. The van der Waals surface area contributed by atoms with Crippen LogP contribution in [0.1, 0.15) is 58.8 Å². The molecule has 0 aliphatic carbocycles. The van der Waals surface area contributed by atoms with Crippen molar-refractivity contribution >= 4 is 11.8 Å². The molecule has 0 aromatic rings. The normalized spacial score (nSPS) is 10.0. The van der Waals surface area contributed by atoms with Gasteiger partial charge in [0.2, 0.25) is 11.8 Å². The molecular formula is C13H26N2O2. The minimum atomic E-state index is -0.0969. The van der Waals surface area contributed by atoms with E-state index in [2.05, 4.69) is 24.5 Å². The minimum absolute atomic E-state index is 0.0215. The fourth-order valence-corrected chi connectivity index (χ4v) is 1.45. The number of rotatable bonds is 10. The fourth-order valence-electron chi connectivity index (χ4n) is 1.45. The molecule has 0 atom stereocenters. The van der Waals surface area contributed by atoms with Crippen molar-refractivity contribution in [3.8, 4) is 0 Å². The molecule has 0 unspecified atom stereocenters. The highest BCUT2D eigenvalue weighted by Gasteiger charge is 2.04. The largest absolute Gasteiger partial charge is 0.355 e. The van der Waals surface area contributed by atoms with Gasteiger partial charge in [0.15, 0.2) is 0 Å². The number of hydrogen-bond acceptors (Lipinski definition) is 2. The van der Waals surface area contributed by atoms with Crippen LogP contribution in [0.5, 0.6) is 0 Å². The van der Waals surface area contributed by atoms with Crippen LogP contribution in [0.15, 0.2) is 0 Å². The van der Waals surface area contributed by atoms with Crippen LogP contribution in [-0.2, 0) is 9.59 Å². The van der Waals surface area contributed by atoms with Gasteiger partial charge in [-0.05, 0) is 12.8 Å². The molecule has 0 radical (unpaired) electrons. The molecule has 4 heteroatoms. The maximum absolute atomic E-state index is 11.3. The van der Waals surface area contributed by atoms with Gasteiger partial charge in [0.1, 0.15) is 0 Å². The highest BCUT2D eigenvalue weighted by Crippen LogP contribution is 2.01. The van der Waals surface area contributed by atoms with Crippen molar-refractivity contribution in [2.75, 3.05) is 13.1 Å². The highest BCUT2D eigenvalue weighted by molar-refractivity contribution is 5.84. The van der Waals surface area contributed by atoms with E-state index < -0.39 is 0 Å². The predicted molar refractivity (Wildman–Crippen MR) is 69.7 cm³/mol. The lowest BCUT2D eigenvalue weighted by molar-refractivity contribution is -0.126. The van der Waals surface area contributed by atoms with Crippen LogP contribution in [0, 0.1) is 0 Å². The summed E-state index contributed by atoms with van der Waals surface area (Å²) in [6, 6.07) is 0. The summed E-state index contributed by atoms with van der Waals surface area (Å²) in [5.41, 5.74) is 0. The van der Waals surface area contributed by atoms with E-state index >= 15 is 0 Å². The van der Waals surface area contributed by atoms with Crippen LogP contribution in [-0.4, -0.2) is 24.9 Å². The van der Waals surface area contributed by atoms with Gasteiger partial charge in [-0.25, -0.2) is 0 Å². The Balaban J connectivity index is 3.39. The SMILES string of the molecule is CCCCCCC(=O)NCC(=O)NCCCC. The van der Waals surface area contributed by atoms with Gasteiger partial charge in [-0.15, -0.1) is 0 Å². The zero-order chi connectivity index (χ0) is 12.9. The van der Waals surface area contributed by atoms with Crippen molar-refractivity contribution < 1.29 is 9.59 Å². The second-order valence-corrected chi connectivity index (χ2v) is 4.29. The maximum Gasteiger partial charge on any atom is 0.239 e. The first-order valence-electron chi connectivity index (χ1n) is 6.74. The van der Waals surface area contributed by atoms with E-state index in [4.69, 9.17) is 0 Å². The Labute approximate surface area is 105 Å². The number of amides is 2. The second-order valence-electron chi connectivity index (χ2n) is 4.29. The van der Waals surface area contributed by atoms with Gasteiger partial charge in [-0.3, -0.25) is 9.59 Å². The predicted octanol–water partition coefficient (Wildman–Crippen LogP) is 1.99. The summed E-state index contributed by atoms with van der Waals surface area (Å²) in [5.74, 6) is -0.118. The van der Waals surface area contributed by atoms with Gasteiger partial charge in [0.25, 0.3) is 0 Å². The lowest BCUT2D eigenvalue weighted by Gasteiger charge is -2.06. The van der Waals surface area contributed by atoms with Crippen molar-refractivity contribution in [1.82, 2.24) is 10.6 Å². The molecule has 0 aromatic heterocycles. The molecule has 0 heterocycles. The molecular weight excluding hydrogens is 216 g/mol. The minimum Gasteiger partial charge on any atom is -0.355 e. The molecule has 0 aliphatic heterocycles. The van der Waals surface area contributed by atoms with Crippen molar-refractivity contribution in [2.24, 2.45) is 0 Å². The standard InChI is InChI=1S/C13H26N2O2/c1-3-5-7-8-9-12(16)15-11-13(17)14-10-6-4-2/h3-11H2,1-2H3,(H,14,17)(H,15,16). The van der Waals surface area contributed by atoms with E-state index in [0.29, 0.717) is 13.0 Å². The number of unbranched alkanes of at least 4 members (excludes halogenated alkanes) is 4. The van der Waals surface area contributed by atoms with E-state index in [0.717, 1.165) is 25.7 Å². The second kappa shape index (κ2) is 11.4.